The minimum Gasteiger partial charge on any atom is -0.328 e. The molecular weight excluding hydrogens is 257 g/mol. The summed E-state index contributed by atoms with van der Waals surface area (Å²) in [5.41, 5.74) is 4.92. The third-order valence-corrected chi connectivity index (χ3v) is 2.54. The van der Waals surface area contributed by atoms with Crippen molar-refractivity contribution in [3.05, 3.63) is 29.8 Å². The number of nitrogens with one attached hydrogen (secondary N) is 1. The van der Waals surface area contributed by atoms with Crippen LogP contribution in [-0.4, -0.2) is 11.9 Å². The van der Waals surface area contributed by atoms with Gasteiger partial charge in [0.2, 0.25) is 5.91 Å². The predicted octanol–water partition coefficient (Wildman–Crippen LogP) is 3.16. The molecule has 6 heteroatoms. The maximum atomic E-state index is 12.5. The van der Waals surface area contributed by atoms with Crippen LogP contribution in [0.15, 0.2) is 24.3 Å². The van der Waals surface area contributed by atoms with Gasteiger partial charge in [-0.05, 0) is 38.0 Å². The summed E-state index contributed by atoms with van der Waals surface area (Å²) in [4.78, 5) is 11.5. The molecule has 1 aromatic carbocycles. The highest BCUT2D eigenvalue weighted by molar-refractivity contribution is 5.90. The van der Waals surface area contributed by atoms with E-state index in [1.54, 1.807) is 0 Å². The summed E-state index contributed by atoms with van der Waals surface area (Å²) in [7, 11) is 0. The highest BCUT2D eigenvalue weighted by Crippen LogP contribution is 2.30. The first-order valence-electron chi connectivity index (χ1n) is 6.01. The molecule has 0 aliphatic rings. The molecule has 1 aromatic rings. The molecule has 0 saturated heterocycles. The van der Waals surface area contributed by atoms with Crippen molar-refractivity contribution in [1.29, 1.82) is 0 Å². The monoisotopic (exact) mass is 274 g/mol. The third kappa shape index (κ3) is 5.74. The van der Waals surface area contributed by atoms with Crippen LogP contribution in [0.2, 0.25) is 0 Å². The van der Waals surface area contributed by atoms with Gasteiger partial charge in [-0.25, -0.2) is 0 Å². The van der Waals surface area contributed by atoms with E-state index in [-0.39, 0.29) is 24.1 Å². The normalized spacial score (nSPS) is 13.1. The molecule has 0 spiro atoms. The summed E-state index contributed by atoms with van der Waals surface area (Å²) in [5.74, 6) is -0.306. The van der Waals surface area contributed by atoms with Gasteiger partial charge in [0, 0.05) is 18.2 Å². The molecule has 1 rings (SSSR count). The quantitative estimate of drug-likeness (QED) is 0.866. The summed E-state index contributed by atoms with van der Waals surface area (Å²) >= 11 is 0. The Morgan fingerprint density at radius 3 is 2.68 bits per heavy atom. The van der Waals surface area contributed by atoms with Crippen LogP contribution in [0.5, 0.6) is 0 Å². The van der Waals surface area contributed by atoms with Gasteiger partial charge in [-0.1, -0.05) is 6.07 Å². The lowest BCUT2D eigenvalue weighted by Crippen LogP contribution is -2.17. The van der Waals surface area contributed by atoms with Crippen LogP contribution >= 0.6 is 0 Å². The summed E-state index contributed by atoms with van der Waals surface area (Å²) in [6.07, 6.45) is -2.84. The molecule has 0 fully saturated rings. The summed E-state index contributed by atoms with van der Waals surface area (Å²) < 4.78 is 37.4. The van der Waals surface area contributed by atoms with Crippen LogP contribution in [0.3, 0.4) is 0 Å². The largest absolute Gasteiger partial charge is 0.416 e. The molecule has 0 aliphatic heterocycles. The molecule has 0 heterocycles. The van der Waals surface area contributed by atoms with E-state index in [2.05, 4.69) is 5.32 Å². The van der Waals surface area contributed by atoms with Crippen LogP contribution in [0.25, 0.3) is 0 Å². The van der Waals surface area contributed by atoms with Crippen molar-refractivity contribution in [3.8, 4) is 0 Å². The van der Waals surface area contributed by atoms with Gasteiger partial charge in [-0.3, -0.25) is 4.79 Å². The van der Waals surface area contributed by atoms with E-state index in [1.807, 2.05) is 6.92 Å². The van der Waals surface area contributed by atoms with Crippen molar-refractivity contribution < 1.29 is 18.0 Å². The van der Waals surface area contributed by atoms with Crippen molar-refractivity contribution >= 4 is 11.6 Å². The Labute approximate surface area is 110 Å². The van der Waals surface area contributed by atoms with Crippen LogP contribution in [0.1, 0.15) is 31.7 Å². The smallest absolute Gasteiger partial charge is 0.328 e. The van der Waals surface area contributed by atoms with Gasteiger partial charge in [0.05, 0.1) is 5.56 Å². The number of amides is 1. The number of hydrogen-bond acceptors (Lipinski definition) is 2. The molecule has 106 valence electrons. The van der Waals surface area contributed by atoms with Crippen molar-refractivity contribution in [3.63, 3.8) is 0 Å². The number of benzene rings is 1. The molecule has 0 aromatic heterocycles. The third-order valence-electron chi connectivity index (χ3n) is 2.54. The Bertz CT molecular complexity index is 430. The lowest BCUT2D eigenvalue weighted by molar-refractivity contribution is -0.137. The Morgan fingerprint density at radius 2 is 2.11 bits per heavy atom. The molecule has 0 aliphatic carbocycles. The molecule has 1 amide bonds. The molecule has 3 nitrogen and oxygen atoms in total. The molecule has 3 N–H and O–H groups in total. The first-order valence-corrected chi connectivity index (χ1v) is 6.01. The van der Waals surface area contributed by atoms with Crippen LogP contribution < -0.4 is 11.1 Å². The predicted molar refractivity (Wildman–Crippen MR) is 67.6 cm³/mol. The molecule has 0 radical (unpaired) electrons. The summed E-state index contributed by atoms with van der Waals surface area (Å²) in [6, 6.07) is 4.59. The van der Waals surface area contributed by atoms with E-state index in [9.17, 15) is 18.0 Å². The van der Waals surface area contributed by atoms with Gasteiger partial charge in [-0.2, -0.15) is 13.2 Å². The molecule has 19 heavy (non-hydrogen) atoms. The maximum Gasteiger partial charge on any atom is 0.416 e. The molecule has 0 saturated carbocycles. The fourth-order valence-corrected chi connectivity index (χ4v) is 1.58. The fourth-order valence-electron chi connectivity index (χ4n) is 1.58. The van der Waals surface area contributed by atoms with E-state index in [0.717, 1.165) is 12.1 Å². The Morgan fingerprint density at radius 1 is 1.42 bits per heavy atom. The second-order valence-corrected chi connectivity index (χ2v) is 4.50. The lowest BCUT2D eigenvalue weighted by atomic mass is 10.1. The zero-order chi connectivity index (χ0) is 14.5. The summed E-state index contributed by atoms with van der Waals surface area (Å²) in [6.45, 7) is 1.84. The highest BCUT2D eigenvalue weighted by atomic mass is 19.4. The number of nitrogens with two attached hydrogens (primary N) is 1. The Kier molecular flexibility index (Phi) is 5.35. The van der Waals surface area contributed by atoms with Crippen molar-refractivity contribution in [2.24, 2.45) is 5.73 Å². The van der Waals surface area contributed by atoms with Crippen molar-refractivity contribution in [2.75, 3.05) is 5.32 Å². The molecule has 0 bridgehead atoms. The average molecular weight is 274 g/mol. The van der Waals surface area contributed by atoms with Crippen LogP contribution in [0.4, 0.5) is 18.9 Å². The highest BCUT2D eigenvalue weighted by Gasteiger charge is 2.30. The summed E-state index contributed by atoms with van der Waals surface area (Å²) in [5, 5.41) is 2.45. The Hall–Kier alpha value is -1.56. The van der Waals surface area contributed by atoms with E-state index < -0.39 is 11.7 Å². The van der Waals surface area contributed by atoms with Crippen LogP contribution in [-0.2, 0) is 11.0 Å². The zero-order valence-electron chi connectivity index (χ0n) is 10.6. The molecule has 1 atom stereocenters. The number of anilines is 1. The number of carbonyl (C=O) groups excluding carboxylic acids is 1. The molecule has 1 unspecified atom stereocenters. The van der Waals surface area contributed by atoms with E-state index in [4.69, 9.17) is 5.73 Å². The molecular formula is C13H17F3N2O. The standard InChI is InChI=1S/C13H17F3N2O/c1-9(17)4-2-7-12(19)18-11-6-3-5-10(8-11)13(14,15)16/h3,5-6,8-9H,2,4,7,17H2,1H3,(H,18,19). The Balaban J connectivity index is 2.55. The van der Waals surface area contributed by atoms with E-state index in [1.165, 1.54) is 12.1 Å². The van der Waals surface area contributed by atoms with Gasteiger partial charge < -0.3 is 11.1 Å². The van der Waals surface area contributed by atoms with Crippen molar-refractivity contribution in [1.82, 2.24) is 0 Å². The van der Waals surface area contributed by atoms with Gasteiger partial charge in [0.25, 0.3) is 0 Å². The average Bonchev–Trinajstić information content (AvgIpc) is 2.27. The van der Waals surface area contributed by atoms with Crippen LogP contribution in [0, 0.1) is 0 Å². The second-order valence-electron chi connectivity index (χ2n) is 4.50. The van der Waals surface area contributed by atoms with Gasteiger partial charge in [0.15, 0.2) is 0 Å². The lowest BCUT2D eigenvalue weighted by Gasteiger charge is -2.10. The number of alkyl halides is 3. The van der Waals surface area contributed by atoms with Gasteiger partial charge in [-0.15, -0.1) is 0 Å². The number of halogens is 3. The minimum atomic E-state index is -4.41. The first kappa shape index (κ1) is 15.5. The topological polar surface area (TPSA) is 55.1 Å². The second kappa shape index (κ2) is 6.56. The van der Waals surface area contributed by atoms with Gasteiger partial charge >= 0.3 is 6.18 Å². The van der Waals surface area contributed by atoms with Gasteiger partial charge in [0.1, 0.15) is 0 Å². The SMILES string of the molecule is CC(N)CCCC(=O)Nc1cccc(C(F)(F)F)c1. The first-order chi connectivity index (χ1) is 8.79. The number of carbonyl (C=O) groups is 1. The van der Waals surface area contributed by atoms with Crippen molar-refractivity contribution in [2.45, 2.75) is 38.4 Å². The number of hydrogen-bond donors (Lipinski definition) is 2. The maximum absolute atomic E-state index is 12.5. The zero-order valence-corrected chi connectivity index (χ0v) is 10.6. The minimum absolute atomic E-state index is 0.0151. The van der Waals surface area contributed by atoms with E-state index >= 15 is 0 Å². The fraction of sp³-hybridized carbons (Fsp3) is 0.462. The number of rotatable bonds is 5. The van der Waals surface area contributed by atoms with E-state index in [0.29, 0.717) is 12.8 Å².